The van der Waals surface area contributed by atoms with Crippen LogP contribution in [0.5, 0.6) is 0 Å². The van der Waals surface area contributed by atoms with Crippen LogP contribution in [0.4, 0.5) is 0 Å². The zero-order valence-corrected chi connectivity index (χ0v) is 12.7. The number of carbonyl (C=O) groups excluding carboxylic acids is 1. The molecule has 114 valence electrons. The molecule has 2 rings (SSSR count). The Morgan fingerprint density at radius 2 is 2.10 bits per heavy atom. The maximum atomic E-state index is 11.8. The van der Waals surface area contributed by atoms with Gasteiger partial charge in [-0.3, -0.25) is 4.79 Å². The molecule has 0 aromatic carbocycles. The number of amides is 1. The van der Waals surface area contributed by atoms with Crippen LogP contribution in [-0.4, -0.2) is 33.8 Å². The molecule has 0 spiro atoms. The molecule has 1 saturated carbocycles. The van der Waals surface area contributed by atoms with Gasteiger partial charge in [0.05, 0.1) is 10.6 Å². The quantitative estimate of drug-likeness (QED) is 0.790. The van der Waals surface area contributed by atoms with Crippen molar-refractivity contribution in [1.82, 2.24) is 10.3 Å². The molecular weight excluding hydrogens is 288 g/mol. The van der Waals surface area contributed by atoms with Crippen molar-refractivity contribution in [3.63, 3.8) is 0 Å². The molecule has 1 heterocycles. The number of hydrogen-bond acceptors (Lipinski definition) is 4. The molecule has 0 saturated heterocycles. The molecule has 0 unspecified atom stereocenters. The van der Waals surface area contributed by atoms with Crippen LogP contribution in [0.1, 0.15) is 48.9 Å². The van der Waals surface area contributed by atoms with Crippen LogP contribution in [0.15, 0.2) is 23.4 Å². The van der Waals surface area contributed by atoms with Gasteiger partial charge in [-0.15, -0.1) is 11.8 Å². The van der Waals surface area contributed by atoms with E-state index in [9.17, 15) is 9.59 Å². The molecule has 2 N–H and O–H groups in total. The zero-order chi connectivity index (χ0) is 15.1. The van der Waals surface area contributed by atoms with E-state index in [4.69, 9.17) is 5.11 Å². The lowest BCUT2D eigenvalue weighted by Crippen LogP contribution is -2.36. The molecule has 1 fully saturated rings. The molecule has 1 aromatic heterocycles. The van der Waals surface area contributed by atoms with Crippen LogP contribution in [0.25, 0.3) is 0 Å². The van der Waals surface area contributed by atoms with Gasteiger partial charge in [-0.05, 0) is 25.0 Å². The first-order valence-electron chi connectivity index (χ1n) is 7.26. The Bertz CT molecular complexity index is 501. The third-order valence-electron chi connectivity index (χ3n) is 3.53. The van der Waals surface area contributed by atoms with E-state index in [1.807, 2.05) is 0 Å². The summed E-state index contributed by atoms with van der Waals surface area (Å²) in [4.78, 5) is 26.8. The SMILES string of the molecule is O=C(CCSc1cc(C(=O)O)ccn1)NC1CCCCC1. The van der Waals surface area contributed by atoms with Crippen molar-refractivity contribution >= 4 is 23.6 Å². The van der Waals surface area contributed by atoms with Gasteiger partial charge in [0.25, 0.3) is 0 Å². The minimum absolute atomic E-state index is 0.0730. The van der Waals surface area contributed by atoms with Crippen molar-refractivity contribution in [2.45, 2.75) is 49.6 Å². The molecule has 0 bridgehead atoms. The fourth-order valence-electron chi connectivity index (χ4n) is 2.42. The second kappa shape index (κ2) is 8.02. The van der Waals surface area contributed by atoms with Gasteiger partial charge >= 0.3 is 5.97 Å². The number of carbonyl (C=O) groups is 2. The highest BCUT2D eigenvalue weighted by Crippen LogP contribution is 2.19. The second-order valence-electron chi connectivity index (χ2n) is 5.19. The molecule has 1 aliphatic rings. The summed E-state index contributed by atoms with van der Waals surface area (Å²) in [7, 11) is 0. The van der Waals surface area contributed by atoms with Gasteiger partial charge in [-0.1, -0.05) is 19.3 Å². The lowest BCUT2D eigenvalue weighted by atomic mass is 9.95. The fraction of sp³-hybridized carbons (Fsp3) is 0.533. The van der Waals surface area contributed by atoms with Gasteiger partial charge in [0.1, 0.15) is 0 Å². The first-order chi connectivity index (χ1) is 10.1. The van der Waals surface area contributed by atoms with Gasteiger partial charge in [-0.2, -0.15) is 0 Å². The van der Waals surface area contributed by atoms with Crippen LogP contribution < -0.4 is 5.32 Å². The highest BCUT2D eigenvalue weighted by Gasteiger charge is 2.15. The van der Waals surface area contributed by atoms with E-state index in [0.717, 1.165) is 12.8 Å². The molecule has 0 aliphatic heterocycles. The van der Waals surface area contributed by atoms with E-state index < -0.39 is 5.97 Å². The first kappa shape index (κ1) is 15.8. The average Bonchev–Trinajstić information content (AvgIpc) is 2.48. The van der Waals surface area contributed by atoms with E-state index in [0.29, 0.717) is 23.2 Å². The molecule has 1 aliphatic carbocycles. The molecular formula is C15H20N2O3S. The zero-order valence-electron chi connectivity index (χ0n) is 11.9. The van der Waals surface area contributed by atoms with Crippen LogP contribution in [0.2, 0.25) is 0 Å². The second-order valence-corrected chi connectivity index (χ2v) is 6.30. The minimum atomic E-state index is -0.964. The number of thioether (sulfide) groups is 1. The summed E-state index contributed by atoms with van der Waals surface area (Å²) in [5, 5.41) is 12.6. The summed E-state index contributed by atoms with van der Waals surface area (Å²) >= 11 is 1.41. The molecule has 6 heteroatoms. The lowest BCUT2D eigenvalue weighted by Gasteiger charge is -2.22. The van der Waals surface area contributed by atoms with Crippen LogP contribution in [0, 0.1) is 0 Å². The Balaban J connectivity index is 1.72. The maximum Gasteiger partial charge on any atom is 0.335 e. The van der Waals surface area contributed by atoms with Crippen molar-refractivity contribution in [2.24, 2.45) is 0 Å². The van der Waals surface area contributed by atoms with Crippen molar-refractivity contribution in [1.29, 1.82) is 0 Å². The number of nitrogens with one attached hydrogen (secondary N) is 1. The number of carboxylic acids is 1. The fourth-order valence-corrected chi connectivity index (χ4v) is 3.26. The van der Waals surface area contributed by atoms with Gasteiger partial charge in [0, 0.05) is 24.4 Å². The predicted molar refractivity (Wildman–Crippen MR) is 81.6 cm³/mol. The standard InChI is InChI=1S/C15H20N2O3S/c18-13(17-12-4-2-1-3-5-12)7-9-21-14-10-11(15(19)20)6-8-16-14/h6,8,10,12H,1-5,7,9H2,(H,17,18)(H,19,20). The number of aromatic nitrogens is 1. The summed E-state index contributed by atoms with van der Waals surface area (Å²) < 4.78 is 0. The molecule has 1 amide bonds. The summed E-state index contributed by atoms with van der Waals surface area (Å²) in [5.41, 5.74) is 0.221. The Morgan fingerprint density at radius 1 is 1.33 bits per heavy atom. The van der Waals surface area contributed by atoms with E-state index in [1.165, 1.54) is 49.4 Å². The Morgan fingerprint density at radius 3 is 2.81 bits per heavy atom. The minimum Gasteiger partial charge on any atom is -0.478 e. The normalized spacial score (nSPS) is 15.6. The third kappa shape index (κ3) is 5.38. The lowest BCUT2D eigenvalue weighted by molar-refractivity contribution is -0.121. The monoisotopic (exact) mass is 308 g/mol. The summed E-state index contributed by atoms with van der Waals surface area (Å²) in [6.07, 6.45) is 7.75. The average molecular weight is 308 g/mol. The van der Waals surface area contributed by atoms with Crippen LogP contribution in [0.3, 0.4) is 0 Å². The van der Waals surface area contributed by atoms with Crippen molar-refractivity contribution in [2.75, 3.05) is 5.75 Å². The summed E-state index contributed by atoms with van der Waals surface area (Å²) in [6.45, 7) is 0. The number of pyridine rings is 1. The van der Waals surface area contributed by atoms with Gasteiger partial charge < -0.3 is 10.4 Å². The number of hydrogen-bond donors (Lipinski definition) is 2. The van der Waals surface area contributed by atoms with Crippen molar-refractivity contribution in [3.8, 4) is 0 Å². The molecule has 0 atom stereocenters. The Kier molecular flexibility index (Phi) is 6.04. The van der Waals surface area contributed by atoms with Crippen LogP contribution in [-0.2, 0) is 4.79 Å². The largest absolute Gasteiger partial charge is 0.478 e. The van der Waals surface area contributed by atoms with Crippen molar-refractivity contribution < 1.29 is 14.7 Å². The molecule has 5 nitrogen and oxygen atoms in total. The third-order valence-corrected chi connectivity index (χ3v) is 4.46. The number of rotatable bonds is 6. The highest BCUT2D eigenvalue weighted by atomic mass is 32.2. The highest BCUT2D eigenvalue weighted by molar-refractivity contribution is 7.99. The van der Waals surface area contributed by atoms with Crippen LogP contribution >= 0.6 is 11.8 Å². The number of nitrogens with zero attached hydrogens (tertiary/aromatic N) is 1. The number of aromatic carboxylic acids is 1. The summed E-state index contributed by atoms with van der Waals surface area (Å²) in [6, 6.07) is 3.33. The van der Waals surface area contributed by atoms with E-state index in [1.54, 1.807) is 0 Å². The van der Waals surface area contributed by atoms with Crippen molar-refractivity contribution in [3.05, 3.63) is 23.9 Å². The smallest absolute Gasteiger partial charge is 0.335 e. The summed E-state index contributed by atoms with van der Waals surface area (Å²) in [5.74, 6) is -0.285. The molecule has 21 heavy (non-hydrogen) atoms. The Labute approximate surface area is 128 Å². The first-order valence-corrected chi connectivity index (χ1v) is 8.25. The van der Waals surface area contributed by atoms with E-state index >= 15 is 0 Å². The van der Waals surface area contributed by atoms with Gasteiger partial charge in [0.15, 0.2) is 0 Å². The molecule has 0 radical (unpaired) electrons. The van der Waals surface area contributed by atoms with Gasteiger partial charge in [0.2, 0.25) is 5.91 Å². The topological polar surface area (TPSA) is 79.3 Å². The number of carboxylic acid groups (broad SMARTS) is 1. The van der Waals surface area contributed by atoms with E-state index in [-0.39, 0.29) is 11.5 Å². The van der Waals surface area contributed by atoms with Gasteiger partial charge in [-0.25, -0.2) is 9.78 Å². The maximum absolute atomic E-state index is 11.8. The molecule has 1 aromatic rings. The predicted octanol–water partition coefficient (Wildman–Crippen LogP) is 2.71. The Hall–Kier alpha value is -1.56. The van der Waals surface area contributed by atoms with E-state index in [2.05, 4.69) is 10.3 Å².